The summed E-state index contributed by atoms with van der Waals surface area (Å²) < 4.78 is 0. The van der Waals surface area contributed by atoms with Crippen molar-refractivity contribution in [2.75, 3.05) is 0 Å². The van der Waals surface area contributed by atoms with Gasteiger partial charge in [0.1, 0.15) is 0 Å². The fourth-order valence-corrected chi connectivity index (χ4v) is 1.60. The number of aromatic amines is 1. The van der Waals surface area contributed by atoms with E-state index in [1.165, 1.54) is 6.20 Å². The van der Waals surface area contributed by atoms with E-state index in [1.54, 1.807) is 6.20 Å². The molecule has 0 atom stereocenters. The van der Waals surface area contributed by atoms with Gasteiger partial charge in [0.25, 0.3) is 5.69 Å². The molecule has 1 heterocycles. The Morgan fingerprint density at radius 2 is 1.93 bits per heavy atom. The second-order valence-electron chi connectivity index (χ2n) is 3.33. The Morgan fingerprint density at radius 3 is 2.60 bits per heavy atom. The van der Waals surface area contributed by atoms with Crippen LogP contribution in [0.3, 0.4) is 0 Å². The van der Waals surface area contributed by atoms with Crippen molar-refractivity contribution in [2.45, 2.75) is 6.92 Å². The van der Waals surface area contributed by atoms with Crippen molar-refractivity contribution in [3.63, 3.8) is 0 Å². The number of benzene rings is 1. The SMILES string of the molecule is Cc1ccccc1-c1c[nH]cc1[N+](=O)[O-]. The molecule has 0 aliphatic carbocycles. The number of rotatable bonds is 2. The van der Waals surface area contributed by atoms with E-state index in [0.717, 1.165) is 11.1 Å². The van der Waals surface area contributed by atoms with Crippen LogP contribution in [0.15, 0.2) is 36.7 Å². The van der Waals surface area contributed by atoms with Gasteiger partial charge in [0.2, 0.25) is 0 Å². The zero-order valence-corrected chi connectivity index (χ0v) is 8.23. The van der Waals surface area contributed by atoms with E-state index >= 15 is 0 Å². The molecule has 0 fully saturated rings. The number of nitro groups is 1. The zero-order chi connectivity index (χ0) is 10.8. The van der Waals surface area contributed by atoms with Gasteiger partial charge in [-0.25, -0.2) is 0 Å². The Bertz CT molecular complexity index is 503. The van der Waals surface area contributed by atoms with Gasteiger partial charge < -0.3 is 4.98 Å². The summed E-state index contributed by atoms with van der Waals surface area (Å²) in [6, 6.07) is 7.61. The first kappa shape index (κ1) is 9.45. The highest BCUT2D eigenvalue weighted by molar-refractivity contribution is 5.75. The lowest BCUT2D eigenvalue weighted by Gasteiger charge is -2.01. The molecule has 0 radical (unpaired) electrons. The molecule has 2 aromatic rings. The van der Waals surface area contributed by atoms with Crippen LogP contribution in [0, 0.1) is 17.0 Å². The lowest BCUT2D eigenvalue weighted by atomic mass is 10.0. The topological polar surface area (TPSA) is 58.9 Å². The summed E-state index contributed by atoms with van der Waals surface area (Å²) in [5.74, 6) is 0. The summed E-state index contributed by atoms with van der Waals surface area (Å²) in [6.07, 6.45) is 3.06. The van der Waals surface area contributed by atoms with Gasteiger partial charge in [-0.2, -0.15) is 0 Å². The second kappa shape index (κ2) is 3.57. The zero-order valence-electron chi connectivity index (χ0n) is 8.23. The van der Waals surface area contributed by atoms with Crippen LogP contribution in [-0.4, -0.2) is 9.91 Å². The molecular weight excluding hydrogens is 192 g/mol. The van der Waals surface area contributed by atoms with Gasteiger partial charge in [0.05, 0.1) is 16.7 Å². The highest BCUT2D eigenvalue weighted by Gasteiger charge is 2.16. The largest absolute Gasteiger partial charge is 0.361 e. The molecule has 0 aliphatic heterocycles. The van der Waals surface area contributed by atoms with E-state index in [9.17, 15) is 10.1 Å². The first-order valence-corrected chi connectivity index (χ1v) is 4.57. The summed E-state index contributed by atoms with van der Waals surface area (Å²) in [5, 5.41) is 10.8. The molecule has 0 spiro atoms. The van der Waals surface area contributed by atoms with Gasteiger partial charge in [0, 0.05) is 6.20 Å². The summed E-state index contributed by atoms with van der Waals surface area (Å²) in [5.41, 5.74) is 2.67. The first-order valence-electron chi connectivity index (χ1n) is 4.57. The molecule has 0 aliphatic rings. The maximum absolute atomic E-state index is 10.8. The third-order valence-electron chi connectivity index (χ3n) is 2.36. The number of hydrogen-bond donors (Lipinski definition) is 1. The van der Waals surface area contributed by atoms with Crippen LogP contribution in [0.25, 0.3) is 11.1 Å². The molecular formula is C11H10N2O2. The van der Waals surface area contributed by atoms with Crippen LogP contribution in [0.2, 0.25) is 0 Å². The van der Waals surface area contributed by atoms with Crippen molar-refractivity contribution in [3.8, 4) is 11.1 Å². The normalized spacial score (nSPS) is 10.2. The van der Waals surface area contributed by atoms with Crippen molar-refractivity contribution in [1.29, 1.82) is 0 Å². The van der Waals surface area contributed by atoms with Gasteiger partial charge in [-0.15, -0.1) is 0 Å². The first-order chi connectivity index (χ1) is 7.20. The van der Waals surface area contributed by atoms with Gasteiger partial charge in [-0.1, -0.05) is 24.3 Å². The predicted octanol–water partition coefficient (Wildman–Crippen LogP) is 2.90. The molecule has 0 unspecified atom stereocenters. The molecule has 1 aromatic heterocycles. The van der Waals surface area contributed by atoms with E-state index in [0.29, 0.717) is 5.56 Å². The maximum atomic E-state index is 10.8. The Kier molecular flexibility index (Phi) is 2.25. The molecule has 0 bridgehead atoms. The smallest absolute Gasteiger partial charge is 0.294 e. The third-order valence-corrected chi connectivity index (χ3v) is 2.36. The summed E-state index contributed by atoms with van der Waals surface area (Å²) in [4.78, 5) is 13.1. The lowest BCUT2D eigenvalue weighted by Crippen LogP contribution is -1.89. The van der Waals surface area contributed by atoms with Crippen LogP contribution in [0.1, 0.15) is 5.56 Å². The number of aryl methyl sites for hydroxylation is 1. The lowest BCUT2D eigenvalue weighted by molar-refractivity contribution is -0.384. The van der Waals surface area contributed by atoms with Gasteiger partial charge in [0.15, 0.2) is 0 Å². The highest BCUT2D eigenvalue weighted by Crippen LogP contribution is 2.31. The minimum absolute atomic E-state index is 0.115. The van der Waals surface area contributed by atoms with E-state index < -0.39 is 0 Å². The summed E-state index contributed by atoms with van der Waals surface area (Å²) in [6.45, 7) is 1.94. The van der Waals surface area contributed by atoms with E-state index in [-0.39, 0.29) is 10.6 Å². The average molecular weight is 202 g/mol. The van der Waals surface area contributed by atoms with Crippen molar-refractivity contribution in [3.05, 3.63) is 52.3 Å². The van der Waals surface area contributed by atoms with E-state index in [4.69, 9.17) is 0 Å². The number of hydrogen-bond acceptors (Lipinski definition) is 2. The molecule has 1 N–H and O–H groups in total. The quantitative estimate of drug-likeness (QED) is 0.601. The molecule has 4 heteroatoms. The number of nitrogens with one attached hydrogen (secondary N) is 1. The molecule has 15 heavy (non-hydrogen) atoms. The Morgan fingerprint density at radius 1 is 1.20 bits per heavy atom. The molecule has 0 saturated heterocycles. The number of aromatic nitrogens is 1. The summed E-state index contributed by atoms with van der Waals surface area (Å²) in [7, 11) is 0. The second-order valence-corrected chi connectivity index (χ2v) is 3.33. The Hall–Kier alpha value is -2.10. The van der Waals surface area contributed by atoms with Gasteiger partial charge in [-0.3, -0.25) is 10.1 Å². The third kappa shape index (κ3) is 1.61. The molecule has 0 saturated carbocycles. The molecule has 0 amide bonds. The summed E-state index contributed by atoms with van der Waals surface area (Å²) >= 11 is 0. The van der Waals surface area contributed by atoms with Crippen LogP contribution in [0.4, 0.5) is 5.69 Å². The molecule has 1 aromatic carbocycles. The van der Waals surface area contributed by atoms with Gasteiger partial charge in [-0.05, 0) is 18.1 Å². The molecule has 2 rings (SSSR count). The van der Waals surface area contributed by atoms with Crippen LogP contribution < -0.4 is 0 Å². The molecule has 4 nitrogen and oxygen atoms in total. The highest BCUT2D eigenvalue weighted by atomic mass is 16.6. The monoisotopic (exact) mass is 202 g/mol. The fraction of sp³-hybridized carbons (Fsp3) is 0.0909. The van der Waals surface area contributed by atoms with Crippen LogP contribution in [-0.2, 0) is 0 Å². The Balaban J connectivity index is 2.59. The van der Waals surface area contributed by atoms with Crippen LogP contribution in [0.5, 0.6) is 0 Å². The van der Waals surface area contributed by atoms with Crippen molar-refractivity contribution in [2.24, 2.45) is 0 Å². The minimum atomic E-state index is -0.377. The average Bonchev–Trinajstić information content (AvgIpc) is 2.67. The van der Waals surface area contributed by atoms with Gasteiger partial charge >= 0.3 is 0 Å². The van der Waals surface area contributed by atoms with E-state index in [1.807, 2.05) is 31.2 Å². The molecule has 76 valence electrons. The maximum Gasteiger partial charge on any atom is 0.294 e. The van der Waals surface area contributed by atoms with Crippen molar-refractivity contribution < 1.29 is 4.92 Å². The standard InChI is InChI=1S/C11H10N2O2/c1-8-4-2-3-5-9(8)10-6-12-7-11(10)13(14)15/h2-7,12H,1H3. The Labute approximate surface area is 86.7 Å². The van der Waals surface area contributed by atoms with Crippen molar-refractivity contribution >= 4 is 5.69 Å². The fourth-order valence-electron chi connectivity index (χ4n) is 1.60. The minimum Gasteiger partial charge on any atom is -0.361 e. The van der Waals surface area contributed by atoms with Crippen LogP contribution >= 0.6 is 0 Å². The number of nitrogens with zero attached hydrogens (tertiary/aromatic N) is 1. The van der Waals surface area contributed by atoms with Crippen molar-refractivity contribution in [1.82, 2.24) is 4.98 Å². The number of H-pyrrole nitrogens is 1. The van der Waals surface area contributed by atoms with E-state index in [2.05, 4.69) is 4.98 Å². The predicted molar refractivity (Wildman–Crippen MR) is 57.6 cm³/mol.